The number of carbonyl (C=O) groups is 1. The molecule has 28 heavy (non-hydrogen) atoms. The zero-order chi connectivity index (χ0) is 20.3. The Balaban J connectivity index is 1.66. The molecule has 12 heteroatoms. The monoisotopic (exact) mass is 428 g/mol. The second-order valence-corrected chi connectivity index (χ2v) is 8.19. The molecule has 3 rings (SSSR count). The van der Waals surface area contributed by atoms with E-state index in [1.165, 1.54) is 12.1 Å². The summed E-state index contributed by atoms with van der Waals surface area (Å²) in [5.41, 5.74) is -0.241. The summed E-state index contributed by atoms with van der Waals surface area (Å²) in [4.78, 5) is 11.8. The second-order valence-electron chi connectivity index (χ2n) is 5.36. The lowest BCUT2D eigenvalue weighted by molar-refractivity contribution is 0.102. The quantitative estimate of drug-likeness (QED) is 0.629. The van der Waals surface area contributed by atoms with Gasteiger partial charge in [-0.2, -0.15) is 0 Å². The molecule has 0 spiro atoms. The van der Waals surface area contributed by atoms with Crippen molar-refractivity contribution in [3.8, 4) is 0 Å². The first-order chi connectivity index (χ1) is 13.2. The molecule has 0 unspecified atom stereocenters. The minimum atomic E-state index is -3.99. The van der Waals surface area contributed by atoms with Gasteiger partial charge in [-0.05, 0) is 30.3 Å². The summed E-state index contributed by atoms with van der Waals surface area (Å²) in [5, 5.41) is 9.52. The Morgan fingerprint density at radius 2 is 1.79 bits per heavy atom. The molecule has 2 N–H and O–H groups in total. The lowest BCUT2D eigenvalue weighted by Gasteiger charge is -2.05. The van der Waals surface area contributed by atoms with Crippen LogP contribution in [0.1, 0.15) is 14.8 Å². The number of benzene rings is 2. The van der Waals surface area contributed by atoms with E-state index >= 15 is 0 Å². The topological polar surface area (TPSA) is 101 Å². The average molecular weight is 428 g/mol. The van der Waals surface area contributed by atoms with Crippen molar-refractivity contribution >= 4 is 33.0 Å². The Bertz CT molecular complexity index is 1140. The first-order valence-corrected chi connectivity index (χ1v) is 9.88. The van der Waals surface area contributed by atoms with Gasteiger partial charge in [0.2, 0.25) is 15.0 Å². The Kier molecular flexibility index (Phi) is 5.72. The molecule has 0 bridgehead atoms. The standard InChI is InChI=1S/C16H11F3N4O3S2/c17-9-2-1-3-11(6-9)28(25,26)20-8-14-22-23-16(27-14)15(24)21-13-5-4-10(18)7-12(13)19/h1-7,20H,8H2,(H,21,24). The van der Waals surface area contributed by atoms with Crippen LogP contribution in [-0.2, 0) is 16.6 Å². The molecule has 2 aromatic carbocycles. The van der Waals surface area contributed by atoms with E-state index in [1.807, 2.05) is 0 Å². The van der Waals surface area contributed by atoms with E-state index in [1.54, 1.807) is 0 Å². The van der Waals surface area contributed by atoms with Crippen LogP contribution >= 0.6 is 11.3 Å². The summed E-state index contributed by atoms with van der Waals surface area (Å²) in [6.07, 6.45) is 0. The van der Waals surface area contributed by atoms with Gasteiger partial charge in [0.15, 0.2) is 0 Å². The van der Waals surface area contributed by atoms with Crippen LogP contribution in [0.5, 0.6) is 0 Å². The summed E-state index contributed by atoms with van der Waals surface area (Å²) in [6, 6.07) is 7.09. The number of sulfonamides is 1. The Morgan fingerprint density at radius 3 is 2.50 bits per heavy atom. The highest BCUT2D eigenvalue weighted by atomic mass is 32.2. The van der Waals surface area contributed by atoms with E-state index in [4.69, 9.17) is 0 Å². The minimum absolute atomic E-state index is 0.149. The summed E-state index contributed by atoms with van der Waals surface area (Å²) >= 11 is 0.776. The van der Waals surface area contributed by atoms with E-state index in [9.17, 15) is 26.4 Å². The molecule has 0 aliphatic heterocycles. The highest BCUT2D eigenvalue weighted by molar-refractivity contribution is 7.89. The number of anilines is 1. The molecular formula is C16H11F3N4O3S2. The van der Waals surface area contributed by atoms with Crippen molar-refractivity contribution < 1.29 is 26.4 Å². The van der Waals surface area contributed by atoms with Crippen molar-refractivity contribution in [2.45, 2.75) is 11.4 Å². The number of amides is 1. The van der Waals surface area contributed by atoms with Gasteiger partial charge in [-0.1, -0.05) is 17.4 Å². The third-order valence-electron chi connectivity index (χ3n) is 3.36. The lowest BCUT2D eigenvalue weighted by Crippen LogP contribution is -2.23. The van der Waals surface area contributed by atoms with Crippen molar-refractivity contribution in [2.75, 3.05) is 5.32 Å². The van der Waals surface area contributed by atoms with E-state index in [0.29, 0.717) is 6.07 Å². The smallest absolute Gasteiger partial charge is 0.286 e. The third kappa shape index (κ3) is 4.71. The van der Waals surface area contributed by atoms with Crippen molar-refractivity contribution in [1.82, 2.24) is 14.9 Å². The zero-order valence-electron chi connectivity index (χ0n) is 13.8. The number of halogens is 3. The van der Waals surface area contributed by atoms with Crippen LogP contribution in [0.25, 0.3) is 0 Å². The first-order valence-electron chi connectivity index (χ1n) is 7.58. The Labute approximate surface area is 161 Å². The molecule has 1 aromatic heterocycles. The number of nitrogens with zero attached hydrogens (tertiary/aromatic N) is 2. The van der Waals surface area contributed by atoms with Crippen molar-refractivity contribution in [2.24, 2.45) is 0 Å². The van der Waals surface area contributed by atoms with E-state index in [2.05, 4.69) is 20.2 Å². The third-order valence-corrected chi connectivity index (χ3v) is 5.68. The molecule has 1 amide bonds. The summed E-state index contributed by atoms with van der Waals surface area (Å²) in [5.74, 6) is -3.24. The number of aromatic nitrogens is 2. The van der Waals surface area contributed by atoms with Gasteiger partial charge in [0.05, 0.1) is 17.1 Å². The van der Waals surface area contributed by atoms with Crippen molar-refractivity contribution in [3.63, 3.8) is 0 Å². The van der Waals surface area contributed by atoms with Gasteiger partial charge in [-0.3, -0.25) is 4.79 Å². The zero-order valence-corrected chi connectivity index (χ0v) is 15.5. The predicted octanol–water partition coefficient (Wildman–Crippen LogP) is 2.69. The number of nitrogens with one attached hydrogen (secondary N) is 2. The summed E-state index contributed by atoms with van der Waals surface area (Å²) in [6.45, 7) is -0.283. The molecular weight excluding hydrogens is 417 g/mol. The Morgan fingerprint density at radius 1 is 1.04 bits per heavy atom. The first kappa shape index (κ1) is 19.9. The maximum atomic E-state index is 13.6. The molecule has 7 nitrogen and oxygen atoms in total. The van der Waals surface area contributed by atoms with Crippen LogP contribution in [0.3, 0.4) is 0 Å². The SMILES string of the molecule is O=C(Nc1ccc(F)cc1F)c1nnc(CNS(=O)(=O)c2cccc(F)c2)s1. The lowest BCUT2D eigenvalue weighted by atomic mass is 10.3. The minimum Gasteiger partial charge on any atom is -0.317 e. The fraction of sp³-hybridized carbons (Fsp3) is 0.0625. The van der Waals surface area contributed by atoms with E-state index in [0.717, 1.165) is 35.6 Å². The molecule has 3 aromatic rings. The number of hydrogen-bond donors (Lipinski definition) is 2. The average Bonchev–Trinajstić information content (AvgIpc) is 3.12. The number of hydrogen-bond acceptors (Lipinski definition) is 6. The second kappa shape index (κ2) is 8.04. The maximum Gasteiger partial charge on any atom is 0.286 e. The molecule has 146 valence electrons. The largest absolute Gasteiger partial charge is 0.317 e. The molecule has 0 radical (unpaired) electrons. The Hall–Kier alpha value is -2.83. The van der Waals surface area contributed by atoms with Gasteiger partial charge >= 0.3 is 0 Å². The number of carbonyl (C=O) groups excluding carboxylic acids is 1. The van der Waals surface area contributed by atoms with Crippen LogP contribution in [0.4, 0.5) is 18.9 Å². The maximum absolute atomic E-state index is 13.6. The molecule has 1 heterocycles. The molecule has 0 aliphatic rings. The molecule has 0 saturated heterocycles. The predicted molar refractivity (Wildman–Crippen MR) is 94.6 cm³/mol. The van der Waals surface area contributed by atoms with Crippen LogP contribution in [0.2, 0.25) is 0 Å². The van der Waals surface area contributed by atoms with Gasteiger partial charge in [0.25, 0.3) is 5.91 Å². The van der Waals surface area contributed by atoms with Crippen LogP contribution in [-0.4, -0.2) is 24.5 Å². The molecule has 0 aliphatic carbocycles. The fourth-order valence-electron chi connectivity index (χ4n) is 2.06. The molecule has 0 atom stereocenters. The van der Waals surface area contributed by atoms with Crippen LogP contribution in [0, 0.1) is 17.5 Å². The van der Waals surface area contributed by atoms with Crippen molar-refractivity contribution in [1.29, 1.82) is 0 Å². The van der Waals surface area contributed by atoms with Gasteiger partial charge in [0, 0.05) is 6.07 Å². The van der Waals surface area contributed by atoms with Crippen LogP contribution in [0.15, 0.2) is 47.4 Å². The summed E-state index contributed by atoms with van der Waals surface area (Å²) in [7, 11) is -3.99. The fourth-order valence-corrected chi connectivity index (χ4v) is 3.84. The summed E-state index contributed by atoms with van der Waals surface area (Å²) < 4.78 is 66.1. The van der Waals surface area contributed by atoms with Gasteiger partial charge < -0.3 is 5.32 Å². The number of rotatable bonds is 6. The van der Waals surface area contributed by atoms with Crippen LogP contribution < -0.4 is 10.0 Å². The highest BCUT2D eigenvalue weighted by Gasteiger charge is 2.18. The molecule has 0 fully saturated rings. The van der Waals surface area contributed by atoms with Gasteiger partial charge in [-0.15, -0.1) is 10.2 Å². The van der Waals surface area contributed by atoms with Crippen molar-refractivity contribution in [3.05, 3.63) is 69.9 Å². The normalized spacial score (nSPS) is 11.4. The molecule has 0 saturated carbocycles. The van der Waals surface area contributed by atoms with Gasteiger partial charge in [-0.25, -0.2) is 26.3 Å². The highest BCUT2D eigenvalue weighted by Crippen LogP contribution is 2.18. The van der Waals surface area contributed by atoms with E-state index in [-0.39, 0.29) is 27.1 Å². The van der Waals surface area contributed by atoms with E-state index < -0.39 is 33.4 Å². The van der Waals surface area contributed by atoms with Gasteiger partial charge in [0.1, 0.15) is 22.5 Å².